The van der Waals surface area contributed by atoms with Crippen LogP contribution in [0.15, 0.2) is 90.2 Å². The van der Waals surface area contributed by atoms with E-state index in [-0.39, 0.29) is 17.6 Å². The van der Waals surface area contributed by atoms with E-state index in [9.17, 15) is 9.59 Å². The zero-order valence-corrected chi connectivity index (χ0v) is 21.2. The average molecular weight is 493 g/mol. The van der Waals surface area contributed by atoms with Gasteiger partial charge in [-0.2, -0.15) is 0 Å². The van der Waals surface area contributed by atoms with Gasteiger partial charge in [-0.25, -0.2) is 0 Å². The summed E-state index contributed by atoms with van der Waals surface area (Å²) >= 11 is 0. The lowest BCUT2D eigenvalue weighted by Crippen LogP contribution is -2.36. The highest BCUT2D eigenvalue weighted by Gasteiger charge is 2.30. The van der Waals surface area contributed by atoms with Crippen LogP contribution in [0.25, 0.3) is 6.08 Å². The Bertz CT molecular complexity index is 1340. The van der Waals surface area contributed by atoms with Crippen LogP contribution in [-0.4, -0.2) is 18.4 Å². The Balaban J connectivity index is 1.28. The van der Waals surface area contributed by atoms with Crippen LogP contribution >= 0.6 is 0 Å². The quantitative estimate of drug-likeness (QED) is 0.299. The molecule has 3 aromatic carbocycles. The number of hydrogen-bond donors (Lipinski definition) is 1. The fourth-order valence-corrected chi connectivity index (χ4v) is 4.75. The van der Waals surface area contributed by atoms with E-state index >= 15 is 0 Å². The van der Waals surface area contributed by atoms with Gasteiger partial charge in [-0.05, 0) is 80.5 Å². The molecule has 0 bridgehead atoms. The summed E-state index contributed by atoms with van der Waals surface area (Å²) in [5.74, 6) is 0.616. The fraction of sp³-hybridized carbons (Fsp3) is 0.250. The Kier molecular flexibility index (Phi) is 7.50. The van der Waals surface area contributed by atoms with Crippen LogP contribution in [0.3, 0.4) is 0 Å². The molecule has 1 aliphatic carbocycles. The number of fused-ring (bicyclic) bond motifs is 1. The summed E-state index contributed by atoms with van der Waals surface area (Å²) in [6.07, 6.45) is 9.78. The first kappa shape index (κ1) is 24.6. The number of nitrogens with one attached hydrogen (secondary N) is 1. The van der Waals surface area contributed by atoms with E-state index in [1.807, 2.05) is 67.6 Å². The number of benzene rings is 3. The van der Waals surface area contributed by atoms with Gasteiger partial charge >= 0.3 is 0 Å². The molecule has 1 N–H and O–H groups in total. The van der Waals surface area contributed by atoms with Crippen molar-refractivity contribution in [1.29, 1.82) is 0 Å². The topological polar surface area (TPSA) is 58.6 Å². The minimum Gasteiger partial charge on any atom is -0.449 e. The van der Waals surface area contributed by atoms with Crippen molar-refractivity contribution in [3.63, 3.8) is 0 Å². The number of hydrogen-bond acceptors (Lipinski definition) is 3. The Hall–Kier alpha value is -4.12. The monoisotopic (exact) mass is 492 g/mol. The number of carbonyl (C=O) groups excluding carboxylic acids is 2. The molecule has 1 aliphatic heterocycles. The lowest BCUT2D eigenvalue weighted by Gasteiger charge is -2.30. The first-order chi connectivity index (χ1) is 18.1. The van der Waals surface area contributed by atoms with Crippen molar-refractivity contribution < 1.29 is 14.3 Å². The van der Waals surface area contributed by atoms with Gasteiger partial charge in [0.05, 0.1) is 12.2 Å². The predicted octanol–water partition coefficient (Wildman–Crippen LogP) is 6.58. The van der Waals surface area contributed by atoms with Gasteiger partial charge in [0.25, 0.3) is 11.8 Å². The summed E-state index contributed by atoms with van der Waals surface area (Å²) in [7, 11) is 0. The fourth-order valence-electron chi connectivity index (χ4n) is 4.75. The molecule has 0 atom stereocenters. The molecule has 5 nitrogen and oxygen atoms in total. The van der Waals surface area contributed by atoms with Crippen molar-refractivity contribution in [1.82, 2.24) is 5.32 Å². The van der Waals surface area contributed by atoms with Crippen molar-refractivity contribution in [2.75, 3.05) is 11.4 Å². The van der Waals surface area contributed by atoms with Gasteiger partial charge < -0.3 is 10.1 Å². The molecule has 0 fully saturated rings. The smallest absolute Gasteiger partial charge is 0.294 e. The first-order valence-corrected chi connectivity index (χ1v) is 13.0. The van der Waals surface area contributed by atoms with E-state index in [0.717, 1.165) is 36.1 Å². The van der Waals surface area contributed by atoms with Crippen LogP contribution in [0.2, 0.25) is 0 Å². The molecule has 0 aromatic heterocycles. The van der Waals surface area contributed by atoms with Gasteiger partial charge in [-0.15, -0.1) is 0 Å². The van der Waals surface area contributed by atoms with Gasteiger partial charge in [0, 0.05) is 12.1 Å². The largest absolute Gasteiger partial charge is 0.449 e. The van der Waals surface area contributed by atoms with Crippen LogP contribution in [0.4, 0.5) is 5.69 Å². The molecule has 2 amide bonds. The number of rotatable bonds is 7. The normalized spacial score (nSPS) is 16.1. The van der Waals surface area contributed by atoms with Crippen molar-refractivity contribution in [3.05, 3.63) is 112 Å². The molecule has 1 heterocycles. The molecule has 0 saturated carbocycles. The standard InChI is InChI=1S/C32H32N2O3/c1-23-11-13-26(14-12-23)22-34-28-9-5-6-10-29(28)37-30(32(34)36)21-25-15-17-27(18-16-25)31(35)33-20-19-24-7-3-2-4-8-24/h5-7,9-18,21H,2-4,8,19-20,22H2,1H3,(H,33,35)/b30-21+. The summed E-state index contributed by atoms with van der Waals surface area (Å²) in [5.41, 5.74) is 5.82. The highest BCUT2D eigenvalue weighted by atomic mass is 16.5. The Morgan fingerprint density at radius 1 is 1.00 bits per heavy atom. The Labute approximate surface area is 218 Å². The van der Waals surface area contributed by atoms with Gasteiger partial charge in [0.1, 0.15) is 0 Å². The van der Waals surface area contributed by atoms with E-state index in [4.69, 9.17) is 4.74 Å². The van der Waals surface area contributed by atoms with E-state index < -0.39 is 0 Å². The molecule has 3 aromatic rings. The van der Waals surface area contributed by atoms with Crippen molar-refractivity contribution in [2.24, 2.45) is 0 Å². The van der Waals surface area contributed by atoms with Gasteiger partial charge in [-0.3, -0.25) is 14.5 Å². The number of nitrogens with zero attached hydrogens (tertiary/aromatic N) is 1. The number of aryl methyl sites for hydroxylation is 1. The summed E-state index contributed by atoms with van der Waals surface area (Å²) < 4.78 is 6.01. The van der Waals surface area contributed by atoms with Crippen molar-refractivity contribution in [2.45, 2.75) is 45.6 Å². The number of anilines is 1. The molecule has 37 heavy (non-hydrogen) atoms. The molecule has 0 unspecified atom stereocenters. The average Bonchev–Trinajstić information content (AvgIpc) is 2.93. The minimum atomic E-state index is -0.196. The second-order valence-corrected chi connectivity index (χ2v) is 9.69. The van der Waals surface area contributed by atoms with Crippen LogP contribution in [-0.2, 0) is 11.3 Å². The van der Waals surface area contributed by atoms with E-state index in [0.29, 0.717) is 24.4 Å². The molecular weight excluding hydrogens is 460 g/mol. The zero-order valence-electron chi connectivity index (χ0n) is 21.2. The number of amides is 2. The maximum Gasteiger partial charge on any atom is 0.294 e. The number of para-hydroxylation sites is 2. The third-order valence-corrected chi connectivity index (χ3v) is 6.88. The molecule has 0 spiro atoms. The number of ether oxygens (including phenoxy) is 1. The van der Waals surface area contributed by atoms with E-state index in [2.05, 4.69) is 11.4 Å². The van der Waals surface area contributed by atoms with Crippen LogP contribution < -0.4 is 15.0 Å². The first-order valence-electron chi connectivity index (χ1n) is 13.0. The van der Waals surface area contributed by atoms with E-state index in [1.54, 1.807) is 23.1 Å². The summed E-state index contributed by atoms with van der Waals surface area (Å²) in [4.78, 5) is 27.8. The van der Waals surface area contributed by atoms with Gasteiger partial charge in [0.15, 0.2) is 11.5 Å². The summed E-state index contributed by atoms with van der Waals surface area (Å²) in [6.45, 7) is 3.14. The third kappa shape index (κ3) is 6.00. The van der Waals surface area contributed by atoms with Crippen LogP contribution in [0, 0.1) is 6.92 Å². The lowest BCUT2D eigenvalue weighted by atomic mass is 9.97. The predicted molar refractivity (Wildman–Crippen MR) is 147 cm³/mol. The number of carbonyl (C=O) groups is 2. The van der Waals surface area contributed by atoms with Crippen LogP contribution in [0.1, 0.15) is 59.2 Å². The van der Waals surface area contributed by atoms with Gasteiger partial charge in [0.2, 0.25) is 0 Å². The van der Waals surface area contributed by atoms with Crippen molar-refractivity contribution >= 4 is 23.6 Å². The maximum absolute atomic E-state index is 13.5. The number of allylic oxidation sites excluding steroid dienone is 1. The molecule has 5 heteroatoms. The van der Waals surface area contributed by atoms with Gasteiger partial charge in [-0.1, -0.05) is 65.7 Å². The summed E-state index contributed by atoms with van der Waals surface area (Å²) in [5, 5.41) is 3.02. The molecule has 0 radical (unpaired) electrons. The Morgan fingerprint density at radius 2 is 1.78 bits per heavy atom. The zero-order chi connectivity index (χ0) is 25.6. The van der Waals surface area contributed by atoms with Crippen molar-refractivity contribution in [3.8, 4) is 5.75 Å². The third-order valence-electron chi connectivity index (χ3n) is 6.88. The highest BCUT2D eigenvalue weighted by molar-refractivity contribution is 6.09. The maximum atomic E-state index is 13.5. The second-order valence-electron chi connectivity index (χ2n) is 9.69. The molecule has 0 saturated heterocycles. The second kappa shape index (κ2) is 11.3. The lowest BCUT2D eigenvalue weighted by molar-refractivity contribution is -0.117. The molecule has 188 valence electrons. The minimum absolute atomic E-state index is 0.0844. The molecule has 5 rings (SSSR count). The highest BCUT2D eigenvalue weighted by Crippen LogP contribution is 2.36. The summed E-state index contributed by atoms with van der Waals surface area (Å²) in [6, 6.07) is 23.0. The van der Waals surface area contributed by atoms with E-state index in [1.165, 1.54) is 24.0 Å². The molecule has 2 aliphatic rings. The molecular formula is C32H32N2O3. The Morgan fingerprint density at radius 3 is 2.54 bits per heavy atom. The SMILES string of the molecule is Cc1ccc(CN2C(=O)/C(=C\c3ccc(C(=O)NCCC4=CCCCC4)cc3)Oc3ccccc32)cc1. The van der Waals surface area contributed by atoms with Crippen LogP contribution in [0.5, 0.6) is 5.75 Å².